The average Bonchev–Trinajstić information content (AvgIpc) is 2.68. The molecule has 7 heteroatoms. The predicted molar refractivity (Wildman–Crippen MR) is 64.9 cm³/mol. The van der Waals surface area contributed by atoms with Crippen LogP contribution < -0.4 is 4.90 Å². The first-order valence-electron chi connectivity index (χ1n) is 5.33. The van der Waals surface area contributed by atoms with Gasteiger partial charge in [0.05, 0.1) is 12.8 Å². The summed E-state index contributed by atoms with van der Waals surface area (Å²) >= 11 is 0. The molecular weight excluding hydrogens is 258 g/mol. The van der Waals surface area contributed by atoms with Crippen molar-refractivity contribution in [2.75, 3.05) is 24.3 Å². The minimum absolute atomic E-state index is 0.159. The van der Waals surface area contributed by atoms with Crippen LogP contribution in [0.3, 0.4) is 0 Å². The van der Waals surface area contributed by atoms with Gasteiger partial charge in [-0.1, -0.05) is 18.2 Å². The average molecular weight is 271 g/mol. The third-order valence-corrected chi connectivity index (χ3v) is 2.97. The summed E-state index contributed by atoms with van der Waals surface area (Å²) in [7, 11) is -3.52. The van der Waals surface area contributed by atoms with Crippen molar-refractivity contribution in [3.63, 3.8) is 0 Å². The SMILES string of the molecule is CS(=O)(=O)OC[C@@H]1CN(c2ccccc2)C(=O)O1. The van der Waals surface area contributed by atoms with Crippen molar-refractivity contribution in [3.8, 4) is 0 Å². The Bertz CT molecular complexity index is 528. The largest absolute Gasteiger partial charge is 0.441 e. The van der Waals surface area contributed by atoms with Crippen molar-refractivity contribution in [1.82, 2.24) is 0 Å². The maximum Gasteiger partial charge on any atom is 0.414 e. The van der Waals surface area contributed by atoms with Crippen LogP contribution in [0.15, 0.2) is 30.3 Å². The Hall–Kier alpha value is -1.60. The van der Waals surface area contributed by atoms with Crippen LogP contribution in [0.5, 0.6) is 0 Å². The van der Waals surface area contributed by atoms with Gasteiger partial charge in [0.25, 0.3) is 10.1 Å². The summed E-state index contributed by atoms with van der Waals surface area (Å²) in [5, 5.41) is 0. The summed E-state index contributed by atoms with van der Waals surface area (Å²) in [6.07, 6.45) is -0.116. The highest BCUT2D eigenvalue weighted by Gasteiger charge is 2.33. The highest BCUT2D eigenvalue weighted by atomic mass is 32.2. The third kappa shape index (κ3) is 3.21. The first-order chi connectivity index (χ1) is 8.46. The summed E-state index contributed by atoms with van der Waals surface area (Å²) < 4.78 is 31.3. The van der Waals surface area contributed by atoms with Gasteiger partial charge in [0, 0.05) is 5.69 Å². The normalized spacial score (nSPS) is 19.9. The molecule has 0 N–H and O–H groups in total. The lowest BCUT2D eigenvalue weighted by Crippen LogP contribution is -2.26. The maximum absolute atomic E-state index is 11.6. The number of anilines is 1. The number of para-hydroxylation sites is 1. The van der Waals surface area contributed by atoms with E-state index in [4.69, 9.17) is 4.74 Å². The molecule has 0 radical (unpaired) electrons. The topological polar surface area (TPSA) is 72.9 Å². The van der Waals surface area contributed by atoms with E-state index in [0.717, 1.165) is 6.26 Å². The Morgan fingerprint density at radius 2 is 2.06 bits per heavy atom. The Kier molecular flexibility index (Phi) is 3.53. The van der Waals surface area contributed by atoms with Crippen molar-refractivity contribution in [3.05, 3.63) is 30.3 Å². The van der Waals surface area contributed by atoms with Gasteiger partial charge in [0.1, 0.15) is 12.7 Å². The molecule has 2 rings (SSSR count). The summed E-state index contributed by atoms with van der Waals surface area (Å²) in [4.78, 5) is 13.0. The van der Waals surface area contributed by atoms with Crippen LogP contribution in [0.2, 0.25) is 0 Å². The molecule has 0 unspecified atom stereocenters. The van der Waals surface area contributed by atoms with Gasteiger partial charge < -0.3 is 4.74 Å². The second-order valence-electron chi connectivity index (χ2n) is 3.94. The number of carbonyl (C=O) groups is 1. The van der Waals surface area contributed by atoms with Crippen LogP contribution in [0.1, 0.15) is 0 Å². The molecule has 1 aromatic carbocycles. The Balaban J connectivity index is 1.99. The van der Waals surface area contributed by atoms with Crippen molar-refractivity contribution in [2.24, 2.45) is 0 Å². The fourth-order valence-corrected chi connectivity index (χ4v) is 2.03. The molecule has 6 nitrogen and oxygen atoms in total. The van der Waals surface area contributed by atoms with Crippen LogP contribution >= 0.6 is 0 Å². The Morgan fingerprint density at radius 3 is 2.67 bits per heavy atom. The Morgan fingerprint density at radius 1 is 1.39 bits per heavy atom. The number of ether oxygens (including phenoxy) is 1. The molecule has 1 amide bonds. The van der Waals surface area contributed by atoms with Gasteiger partial charge in [-0.2, -0.15) is 8.42 Å². The van der Waals surface area contributed by atoms with Crippen LogP contribution in [0.25, 0.3) is 0 Å². The van der Waals surface area contributed by atoms with E-state index in [2.05, 4.69) is 4.18 Å². The minimum atomic E-state index is -3.52. The van der Waals surface area contributed by atoms with Crippen LogP contribution in [0.4, 0.5) is 10.5 Å². The zero-order valence-corrected chi connectivity index (χ0v) is 10.6. The molecule has 0 saturated carbocycles. The van der Waals surface area contributed by atoms with Crippen molar-refractivity contribution >= 4 is 21.9 Å². The third-order valence-electron chi connectivity index (χ3n) is 2.41. The van der Waals surface area contributed by atoms with Crippen LogP contribution in [-0.2, 0) is 19.0 Å². The van der Waals surface area contributed by atoms with Crippen LogP contribution in [-0.4, -0.2) is 40.0 Å². The molecule has 1 heterocycles. The lowest BCUT2D eigenvalue weighted by Gasteiger charge is -2.12. The molecule has 0 aromatic heterocycles. The van der Waals surface area contributed by atoms with Gasteiger partial charge >= 0.3 is 6.09 Å². The quantitative estimate of drug-likeness (QED) is 0.763. The fraction of sp³-hybridized carbons (Fsp3) is 0.364. The van der Waals surface area contributed by atoms with E-state index in [9.17, 15) is 13.2 Å². The van der Waals surface area contributed by atoms with Gasteiger partial charge in [0.15, 0.2) is 0 Å². The van der Waals surface area contributed by atoms with Gasteiger partial charge in [-0.05, 0) is 12.1 Å². The summed E-state index contributed by atoms with van der Waals surface area (Å²) in [6.45, 7) is 0.117. The van der Waals surface area contributed by atoms with E-state index in [1.807, 2.05) is 18.2 Å². The molecule has 1 saturated heterocycles. The molecule has 0 bridgehead atoms. The molecule has 1 fully saturated rings. The zero-order valence-electron chi connectivity index (χ0n) is 9.78. The molecule has 1 aromatic rings. The summed E-state index contributed by atoms with van der Waals surface area (Å²) in [5.74, 6) is 0. The molecule has 98 valence electrons. The van der Waals surface area contributed by atoms with E-state index in [-0.39, 0.29) is 13.2 Å². The number of nitrogens with zero attached hydrogens (tertiary/aromatic N) is 1. The highest BCUT2D eigenvalue weighted by Crippen LogP contribution is 2.21. The van der Waals surface area contributed by atoms with E-state index in [1.54, 1.807) is 12.1 Å². The maximum atomic E-state index is 11.6. The summed E-state index contributed by atoms with van der Waals surface area (Å²) in [5.41, 5.74) is 0.712. The first kappa shape index (κ1) is 12.8. The number of cyclic esters (lactones) is 1. The molecule has 18 heavy (non-hydrogen) atoms. The van der Waals surface area contributed by atoms with Crippen molar-refractivity contribution in [1.29, 1.82) is 0 Å². The van der Waals surface area contributed by atoms with E-state index >= 15 is 0 Å². The lowest BCUT2D eigenvalue weighted by molar-refractivity contribution is 0.107. The first-order valence-corrected chi connectivity index (χ1v) is 7.15. The van der Waals surface area contributed by atoms with Gasteiger partial charge in [-0.3, -0.25) is 9.08 Å². The van der Waals surface area contributed by atoms with Crippen molar-refractivity contribution in [2.45, 2.75) is 6.10 Å². The Labute approximate surface area is 105 Å². The second-order valence-corrected chi connectivity index (χ2v) is 5.58. The number of hydrogen-bond donors (Lipinski definition) is 0. The molecule has 1 aliphatic rings. The number of carbonyl (C=O) groups excluding carboxylic acids is 1. The molecular formula is C11H13NO5S. The number of benzene rings is 1. The number of amides is 1. The minimum Gasteiger partial charge on any atom is -0.441 e. The monoisotopic (exact) mass is 271 g/mol. The van der Waals surface area contributed by atoms with Crippen molar-refractivity contribution < 1.29 is 22.1 Å². The zero-order chi connectivity index (χ0) is 13.2. The molecule has 1 aliphatic heterocycles. The van der Waals surface area contributed by atoms with Gasteiger partial charge in [-0.15, -0.1) is 0 Å². The fourth-order valence-electron chi connectivity index (χ4n) is 1.63. The van der Waals surface area contributed by atoms with E-state index < -0.39 is 22.3 Å². The number of hydrogen-bond acceptors (Lipinski definition) is 5. The molecule has 0 spiro atoms. The van der Waals surface area contributed by atoms with Gasteiger partial charge in [-0.25, -0.2) is 4.79 Å². The molecule has 0 aliphatic carbocycles. The highest BCUT2D eigenvalue weighted by molar-refractivity contribution is 7.85. The smallest absolute Gasteiger partial charge is 0.414 e. The van der Waals surface area contributed by atoms with E-state index in [1.165, 1.54) is 4.90 Å². The molecule has 1 atom stereocenters. The van der Waals surface area contributed by atoms with E-state index in [0.29, 0.717) is 5.69 Å². The number of rotatable bonds is 4. The van der Waals surface area contributed by atoms with Crippen LogP contribution in [0, 0.1) is 0 Å². The van der Waals surface area contributed by atoms with Gasteiger partial charge in [0.2, 0.25) is 0 Å². The lowest BCUT2D eigenvalue weighted by atomic mass is 10.3. The summed E-state index contributed by atoms with van der Waals surface area (Å²) in [6, 6.07) is 9.02. The standard InChI is InChI=1S/C11H13NO5S/c1-18(14,15)16-8-10-7-12(11(13)17-10)9-5-3-2-4-6-9/h2-6,10H,7-8H2,1H3/t10-/m0/s1. The second kappa shape index (κ2) is 4.95. The predicted octanol–water partition coefficient (Wildman–Crippen LogP) is 0.988.